The van der Waals surface area contributed by atoms with Gasteiger partial charge in [-0.25, -0.2) is 0 Å². The minimum Gasteiger partial charge on any atom is -0.0322 e. The maximum atomic E-state index is 4.91. The lowest BCUT2D eigenvalue weighted by Crippen LogP contribution is -1.89. The summed E-state index contributed by atoms with van der Waals surface area (Å²) in [5.41, 5.74) is 1.16. The van der Waals surface area contributed by atoms with Crippen LogP contribution in [0.1, 0.15) is 0 Å². The van der Waals surface area contributed by atoms with Crippen LogP contribution >= 0.6 is 16.3 Å². The summed E-state index contributed by atoms with van der Waals surface area (Å²) in [6.45, 7) is 0. The quantitative estimate of drug-likeness (QED) is 0.403. The molecule has 1 rings (SSSR count). The summed E-state index contributed by atoms with van der Waals surface area (Å²) in [6, 6.07) is 0. The van der Waals surface area contributed by atoms with Crippen LogP contribution in [0.5, 0.6) is 0 Å². The van der Waals surface area contributed by atoms with Crippen molar-refractivity contribution in [3.05, 3.63) is 0 Å². The smallest absolute Gasteiger partial charge is 0.0322 e. The Kier molecular flexibility index (Phi) is 1.99. The summed E-state index contributed by atoms with van der Waals surface area (Å²) in [6.07, 6.45) is 0. The molecule has 0 nitrogen and oxygen atoms in total. The van der Waals surface area contributed by atoms with Crippen LogP contribution in [0.3, 0.4) is 0 Å². The molecule has 0 bridgehead atoms. The van der Waals surface area contributed by atoms with E-state index in [1.165, 1.54) is 0 Å². The zero-order valence-electron chi connectivity index (χ0n) is 2.79. The molecule has 1 aliphatic heterocycles. The van der Waals surface area contributed by atoms with Gasteiger partial charge in [-0.1, -0.05) is 0 Å². The second kappa shape index (κ2) is 2.14. The van der Waals surface area contributed by atoms with E-state index in [-0.39, 0.29) is 14.4 Å². The fourth-order valence-corrected chi connectivity index (χ4v) is 13.2. The van der Waals surface area contributed by atoms with Crippen LogP contribution in [0.25, 0.3) is 0 Å². The van der Waals surface area contributed by atoms with E-state index < -0.39 is 0 Å². The molecule has 0 aliphatic carbocycles. The van der Waals surface area contributed by atoms with Crippen molar-refractivity contribution in [1.82, 2.24) is 0 Å². The molecule has 0 aromatic heterocycles. The van der Waals surface area contributed by atoms with Gasteiger partial charge in [0.05, 0.1) is 0 Å². The summed E-state index contributed by atoms with van der Waals surface area (Å²) in [7, 11) is 2.06. The van der Waals surface area contributed by atoms with Crippen molar-refractivity contribution < 1.29 is 0 Å². The highest BCUT2D eigenvalue weighted by Crippen LogP contribution is 2.53. The normalized spacial score (nSPS) is 38.7. The average Bonchev–Trinajstić information content (AvgIpc) is 1.33. The number of hydrogen-bond acceptors (Lipinski definition) is 3. The van der Waals surface area contributed by atoms with E-state index in [0.29, 0.717) is 0 Å². The van der Waals surface area contributed by atoms with Gasteiger partial charge in [0.1, 0.15) is 0 Å². The molecule has 1 saturated heterocycles. The van der Waals surface area contributed by atoms with E-state index in [2.05, 4.69) is 0 Å². The maximum Gasteiger partial charge on any atom is 0.269 e. The molecule has 0 amide bonds. The molecule has 6 heavy (non-hydrogen) atoms. The zero-order chi connectivity index (χ0) is 4.57. The van der Waals surface area contributed by atoms with Crippen LogP contribution in [-0.4, -0.2) is 5.49 Å². The lowest BCUT2D eigenvalue weighted by Gasteiger charge is -1.96. The minimum atomic E-state index is -0.0489. The number of rotatable bonds is 0. The van der Waals surface area contributed by atoms with E-state index in [0.717, 1.165) is 5.49 Å². The van der Waals surface area contributed by atoms with Crippen molar-refractivity contribution >= 4 is 47.8 Å². The van der Waals surface area contributed by atoms with Crippen LogP contribution in [-0.2, 0) is 31.5 Å². The maximum absolute atomic E-state index is 4.91. The van der Waals surface area contributed by atoms with Crippen molar-refractivity contribution in [2.24, 2.45) is 0 Å². The van der Waals surface area contributed by atoms with Gasteiger partial charge in [-0.15, -0.1) is 0 Å². The third kappa shape index (κ3) is 1.20. The lowest BCUT2D eigenvalue weighted by atomic mass is 11.9. The van der Waals surface area contributed by atoms with Gasteiger partial charge in [-0.2, -0.15) is 0 Å². The standard InChI is InChI=1S/CH2PS4/c3-2-1-6(4)5-2/h1H2/q+1. The van der Waals surface area contributed by atoms with Gasteiger partial charge in [0.2, 0.25) is 0 Å². The second-order valence-electron chi connectivity index (χ2n) is 0.840. The molecule has 1 fully saturated rings. The molecule has 0 radical (unpaired) electrons. The average molecular weight is 173 g/mol. The molecular weight excluding hydrogens is 171 g/mol. The molecule has 5 heteroatoms. The van der Waals surface area contributed by atoms with Gasteiger partial charge in [-0.05, 0) is 11.2 Å². The Bertz CT molecular complexity index is 84.1. The van der Waals surface area contributed by atoms with Crippen molar-refractivity contribution in [3.63, 3.8) is 0 Å². The fraction of sp³-hybridized carbons (Fsp3) is 1.00. The number of hydrogen-bond donors (Lipinski definition) is 0. The highest BCUT2D eigenvalue weighted by Gasteiger charge is 2.29. The van der Waals surface area contributed by atoms with Gasteiger partial charge in [0.25, 0.3) is 5.90 Å². The highest BCUT2D eigenvalue weighted by molar-refractivity contribution is 9.10. The van der Waals surface area contributed by atoms with Crippen LogP contribution in [0, 0.1) is 0 Å². The Balaban J connectivity index is 2.47. The molecule has 0 aromatic carbocycles. The first-order chi connectivity index (χ1) is 2.79. The van der Waals surface area contributed by atoms with E-state index in [4.69, 9.17) is 23.0 Å². The summed E-state index contributed by atoms with van der Waals surface area (Å²) < 4.78 is 0. The van der Waals surface area contributed by atoms with E-state index in [9.17, 15) is 0 Å². The Morgan fingerprint density at radius 2 is 2.33 bits per heavy atom. The van der Waals surface area contributed by atoms with Crippen molar-refractivity contribution in [2.45, 2.75) is 0 Å². The van der Waals surface area contributed by atoms with E-state index in [1.54, 1.807) is 10.4 Å². The van der Waals surface area contributed by atoms with Gasteiger partial charge < -0.3 is 0 Å². The van der Waals surface area contributed by atoms with Crippen LogP contribution in [0.15, 0.2) is 0 Å². The monoisotopic (exact) mass is 173 g/mol. The minimum absolute atomic E-state index is 0.0489. The SMILES string of the molecule is S=[P+]1CS(=S)S1. The lowest BCUT2D eigenvalue weighted by molar-refractivity contribution is 2.29. The molecule has 2 unspecified atom stereocenters. The first kappa shape index (κ1) is 5.57. The Morgan fingerprint density at radius 1 is 1.83 bits per heavy atom. The molecule has 0 spiro atoms. The zero-order valence-corrected chi connectivity index (χ0v) is 6.95. The van der Waals surface area contributed by atoms with Gasteiger partial charge in [0.15, 0.2) is 27.7 Å². The topological polar surface area (TPSA) is 0 Å². The summed E-state index contributed by atoms with van der Waals surface area (Å²) in [4.78, 5) is 0. The molecule has 1 heterocycles. The summed E-state index contributed by atoms with van der Waals surface area (Å²) in [5.74, 6) is -0.0489. The largest absolute Gasteiger partial charge is 0.269 e. The fourth-order valence-electron chi connectivity index (χ4n) is 0.173. The molecule has 0 saturated carbocycles. The molecule has 0 aromatic rings. The van der Waals surface area contributed by atoms with Crippen molar-refractivity contribution in [2.75, 3.05) is 5.49 Å². The second-order valence-corrected chi connectivity index (χ2v) is 11.5. The first-order valence-corrected chi connectivity index (χ1v) is 8.10. The van der Waals surface area contributed by atoms with Crippen LogP contribution in [0.4, 0.5) is 0 Å². The van der Waals surface area contributed by atoms with Gasteiger partial charge in [-0.3, -0.25) is 0 Å². The highest BCUT2D eigenvalue weighted by atomic mass is 33.5. The molecule has 34 valence electrons. The van der Waals surface area contributed by atoms with Crippen molar-refractivity contribution in [1.29, 1.82) is 0 Å². The molecule has 1 aliphatic rings. The van der Waals surface area contributed by atoms with Crippen LogP contribution < -0.4 is 0 Å². The summed E-state index contributed by atoms with van der Waals surface area (Å²) >= 11 is 9.80. The molecule has 2 atom stereocenters. The third-order valence-electron chi connectivity index (χ3n) is 0.377. The summed E-state index contributed by atoms with van der Waals surface area (Å²) in [5, 5.41) is 0. The van der Waals surface area contributed by atoms with Crippen LogP contribution in [0.2, 0.25) is 0 Å². The Hall–Kier alpha value is 1.44. The molecule has 0 N–H and O–H groups in total. The Morgan fingerprint density at radius 3 is 2.33 bits per heavy atom. The predicted molar refractivity (Wildman–Crippen MR) is 41.5 cm³/mol. The van der Waals surface area contributed by atoms with Gasteiger partial charge >= 0.3 is 0 Å². The predicted octanol–water partition coefficient (Wildman–Crippen LogP) is 1.54. The Labute approximate surface area is 53.2 Å². The van der Waals surface area contributed by atoms with Crippen molar-refractivity contribution in [3.8, 4) is 0 Å². The van der Waals surface area contributed by atoms with E-state index >= 15 is 0 Å². The first-order valence-electron chi connectivity index (χ1n) is 1.30. The van der Waals surface area contributed by atoms with E-state index in [1.807, 2.05) is 0 Å². The van der Waals surface area contributed by atoms with Gasteiger partial charge in [0, 0.05) is 8.49 Å². The third-order valence-corrected chi connectivity index (χ3v) is 13.5. The molecular formula is CH2PS4+.